The maximum Gasteiger partial charge on any atom is 0.333 e. The van der Waals surface area contributed by atoms with Crippen molar-refractivity contribution in [1.82, 2.24) is 0 Å². The Labute approximate surface area is 84.1 Å². The van der Waals surface area contributed by atoms with Crippen LogP contribution in [0, 0.1) is 5.92 Å². The molecule has 1 saturated carbocycles. The van der Waals surface area contributed by atoms with E-state index in [0.717, 1.165) is 19.3 Å². The maximum absolute atomic E-state index is 11.1. The second-order valence-corrected chi connectivity index (χ2v) is 4.27. The van der Waals surface area contributed by atoms with Gasteiger partial charge >= 0.3 is 5.97 Å². The molecule has 0 aromatic carbocycles. The van der Waals surface area contributed by atoms with E-state index in [1.807, 2.05) is 0 Å². The normalized spacial score (nSPS) is 34.5. The summed E-state index contributed by atoms with van der Waals surface area (Å²) in [6.07, 6.45) is 4.26. The first kappa shape index (κ1) is 9.71. The number of ether oxygens (including phenoxy) is 2. The maximum atomic E-state index is 11.1. The average molecular weight is 196 g/mol. The van der Waals surface area contributed by atoms with E-state index in [2.05, 4.69) is 6.58 Å². The van der Waals surface area contributed by atoms with Crippen LogP contribution in [-0.2, 0) is 14.3 Å². The molecule has 14 heavy (non-hydrogen) atoms. The molecule has 1 aliphatic carbocycles. The van der Waals surface area contributed by atoms with Gasteiger partial charge in [-0.1, -0.05) is 6.58 Å². The summed E-state index contributed by atoms with van der Waals surface area (Å²) in [7, 11) is 0. The second kappa shape index (κ2) is 3.73. The molecule has 0 spiro atoms. The lowest BCUT2D eigenvalue weighted by Gasteiger charge is -2.18. The van der Waals surface area contributed by atoms with Crippen molar-refractivity contribution in [3.8, 4) is 0 Å². The molecule has 0 aromatic heterocycles. The molecule has 1 unspecified atom stereocenters. The molecular formula is C11H16O3. The van der Waals surface area contributed by atoms with Crippen molar-refractivity contribution in [2.24, 2.45) is 5.92 Å². The van der Waals surface area contributed by atoms with Gasteiger partial charge in [-0.25, -0.2) is 4.79 Å². The molecule has 0 N–H and O–H groups in total. The molecular weight excluding hydrogens is 180 g/mol. The molecule has 0 bridgehead atoms. The van der Waals surface area contributed by atoms with Crippen LogP contribution in [0.1, 0.15) is 26.2 Å². The molecule has 0 aromatic rings. The van der Waals surface area contributed by atoms with Gasteiger partial charge in [-0.2, -0.15) is 0 Å². The van der Waals surface area contributed by atoms with E-state index in [9.17, 15) is 4.79 Å². The number of esters is 1. The minimum atomic E-state index is -0.274. The number of epoxide rings is 1. The molecule has 3 heteroatoms. The van der Waals surface area contributed by atoms with E-state index < -0.39 is 0 Å². The topological polar surface area (TPSA) is 38.8 Å². The van der Waals surface area contributed by atoms with E-state index in [1.54, 1.807) is 6.92 Å². The molecule has 2 rings (SSSR count). The Hall–Kier alpha value is -0.830. The van der Waals surface area contributed by atoms with Crippen molar-refractivity contribution >= 4 is 5.97 Å². The fourth-order valence-electron chi connectivity index (χ4n) is 1.95. The van der Waals surface area contributed by atoms with E-state index in [4.69, 9.17) is 9.47 Å². The first-order valence-corrected chi connectivity index (χ1v) is 5.15. The van der Waals surface area contributed by atoms with Crippen molar-refractivity contribution in [3.63, 3.8) is 0 Å². The second-order valence-electron chi connectivity index (χ2n) is 4.27. The van der Waals surface area contributed by atoms with Gasteiger partial charge in [0.2, 0.25) is 0 Å². The van der Waals surface area contributed by atoms with Gasteiger partial charge in [-0.15, -0.1) is 0 Å². The lowest BCUT2D eigenvalue weighted by atomic mass is 9.90. The molecule has 2 aliphatic rings. The third-order valence-corrected chi connectivity index (χ3v) is 2.91. The minimum absolute atomic E-state index is 0.274. The Morgan fingerprint density at radius 2 is 2.29 bits per heavy atom. The number of carbonyl (C=O) groups excluding carboxylic acids is 1. The predicted octanol–water partition coefficient (Wildman–Crippen LogP) is 1.67. The largest absolute Gasteiger partial charge is 0.462 e. The number of rotatable bonds is 3. The molecule has 1 aliphatic heterocycles. The monoisotopic (exact) mass is 196 g/mol. The molecule has 1 heterocycles. The predicted molar refractivity (Wildman–Crippen MR) is 51.8 cm³/mol. The van der Waals surface area contributed by atoms with Crippen molar-refractivity contribution < 1.29 is 14.3 Å². The van der Waals surface area contributed by atoms with Crippen LogP contribution >= 0.6 is 0 Å². The highest BCUT2D eigenvalue weighted by atomic mass is 16.6. The van der Waals surface area contributed by atoms with Crippen LogP contribution in [0.15, 0.2) is 12.2 Å². The standard InChI is InChI=1S/C11H16O3/c1-7(2)11(12)13-6-8-3-4-9-10(5-8)14-9/h8-10H,1,3-6H2,2H3/t8?,9-,10+/m1/s1. The van der Waals surface area contributed by atoms with Crippen molar-refractivity contribution in [3.05, 3.63) is 12.2 Å². The average Bonchev–Trinajstić information content (AvgIpc) is 2.91. The summed E-state index contributed by atoms with van der Waals surface area (Å²) in [5.74, 6) is 0.214. The van der Waals surface area contributed by atoms with Crippen LogP contribution in [0.3, 0.4) is 0 Å². The molecule has 3 nitrogen and oxygen atoms in total. The Morgan fingerprint density at radius 1 is 1.50 bits per heavy atom. The van der Waals surface area contributed by atoms with Gasteiger partial charge in [-0.05, 0) is 32.1 Å². The zero-order valence-electron chi connectivity index (χ0n) is 8.49. The van der Waals surface area contributed by atoms with Gasteiger partial charge in [0.25, 0.3) is 0 Å². The molecule has 78 valence electrons. The third-order valence-electron chi connectivity index (χ3n) is 2.91. The Balaban J connectivity index is 1.70. The summed E-state index contributed by atoms with van der Waals surface area (Å²) in [6, 6.07) is 0. The van der Waals surface area contributed by atoms with Crippen LogP contribution in [0.2, 0.25) is 0 Å². The van der Waals surface area contributed by atoms with Crippen LogP contribution in [-0.4, -0.2) is 24.8 Å². The number of hydrogen-bond acceptors (Lipinski definition) is 3. The highest BCUT2D eigenvalue weighted by molar-refractivity contribution is 5.86. The van der Waals surface area contributed by atoms with E-state index >= 15 is 0 Å². The zero-order chi connectivity index (χ0) is 10.1. The van der Waals surface area contributed by atoms with Crippen LogP contribution in [0.4, 0.5) is 0 Å². The molecule has 2 fully saturated rings. The molecule has 0 amide bonds. The van der Waals surface area contributed by atoms with Crippen LogP contribution in [0.5, 0.6) is 0 Å². The summed E-state index contributed by atoms with van der Waals surface area (Å²) >= 11 is 0. The van der Waals surface area contributed by atoms with Crippen molar-refractivity contribution in [2.75, 3.05) is 6.61 Å². The van der Waals surface area contributed by atoms with Crippen LogP contribution in [0.25, 0.3) is 0 Å². The quantitative estimate of drug-likeness (QED) is 0.391. The van der Waals surface area contributed by atoms with Crippen LogP contribution < -0.4 is 0 Å². The van der Waals surface area contributed by atoms with Gasteiger partial charge in [0.15, 0.2) is 0 Å². The van der Waals surface area contributed by atoms with E-state index in [0.29, 0.717) is 30.3 Å². The first-order valence-electron chi connectivity index (χ1n) is 5.15. The van der Waals surface area contributed by atoms with Gasteiger partial charge < -0.3 is 9.47 Å². The summed E-state index contributed by atoms with van der Waals surface area (Å²) in [5, 5.41) is 0. The summed E-state index contributed by atoms with van der Waals surface area (Å²) in [6.45, 7) is 5.74. The Kier molecular flexibility index (Phi) is 2.59. The summed E-state index contributed by atoms with van der Waals surface area (Å²) < 4.78 is 10.5. The van der Waals surface area contributed by atoms with Gasteiger partial charge in [0, 0.05) is 5.57 Å². The van der Waals surface area contributed by atoms with Crippen molar-refractivity contribution in [1.29, 1.82) is 0 Å². The fourth-order valence-corrected chi connectivity index (χ4v) is 1.95. The summed E-state index contributed by atoms with van der Waals surface area (Å²) in [5.41, 5.74) is 0.473. The van der Waals surface area contributed by atoms with E-state index in [-0.39, 0.29) is 5.97 Å². The van der Waals surface area contributed by atoms with Gasteiger partial charge in [-0.3, -0.25) is 0 Å². The lowest BCUT2D eigenvalue weighted by molar-refractivity contribution is -0.140. The SMILES string of the molecule is C=C(C)C(=O)OCC1CC[C@H]2O[C@H]2C1. The number of fused-ring (bicyclic) bond motifs is 1. The Morgan fingerprint density at radius 3 is 2.93 bits per heavy atom. The fraction of sp³-hybridized carbons (Fsp3) is 0.727. The van der Waals surface area contributed by atoms with E-state index in [1.165, 1.54) is 0 Å². The molecule has 3 atom stereocenters. The van der Waals surface area contributed by atoms with Gasteiger partial charge in [0.05, 0.1) is 18.8 Å². The minimum Gasteiger partial charge on any atom is -0.462 e. The first-order chi connectivity index (χ1) is 6.66. The molecule has 1 saturated heterocycles. The lowest BCUT2D eigenvalue weighted by Crippen LogP contribution is -2.20. The zero-order valence-corrected chi connectivity index (χ0v) is 8.49. The number of carbonyl (C=O) groups is 1. The third kappa shape index (κ3) is 2.15. The molecule has 0 radical (unpaired) electrons. The summed E-state index contributed by atoms with van der Waals surface area (Å²) in [4.78, 5) is 11.1. The smallest absolute Gasteiger partial charge is 0.333 e. The van der Waals surface area contributed by atoms with Gasteiger partial charge in [0.1, 0.15) is 0 Å². The Bertz CT molecular complexity index is 259. The number of hydrogen-bond donors (Lipinski definition) is 0. The highest BCUT2D eigenvalue weighted by Gasteiger charge is 2.43. The van der Waals surface area contributed by atoms with Crippen molar-refractivity contribution in [2.45, 2.75) is 38.4 Å². The highest BCUT2D eigenvalue weighted by Crippen LogP contribution is 2.39.